The average Bonchev–Trinajstić information content (AvgIpc) is 3.38. The van der Waals surface area contributed by atoms with E-state index < -0.39 is 0 Å². The molecule has 0 atom stereocenters. The van der Waals surface area contributed by atoms with Gasteiger partial charge in [-0.05, 0) is 51.0 Å². The van der Waals surface area contributed by atoms with E-state index in [1.807, 2.05) is 12.1 Å². The van der Waals surface area contributed by atoms with Crippen molar-refractivity contribution in [1.82, 2.24) is 19.4 Å². The minimum atomic E-state index is -0.315. The summed E-state index contributed by atoms with van der Waals surface area (Å²) in [7, 11) is 0. The quantitative estimate of drug-likeness (QED) is 0.581. The predicted molar refractivity (Wildman–Crippen MR) is 137 cm³/mol. The number of fused-ring (bicyclic) bond motifs is 1. The van der Waals surface area contributed by atoms with Gasteiger partial charge in [0.1, 0.15) is 23.1 Å². The number of pyridine rings is 1. The lowest BCUT2D eigenvalue weighted by atomic mass is 10.2. The van der Waals surface area contributed by atoms with Crippen LogP contribution in [0.5, 0.6) is 0 Å². The third kappa shape index (κ3) is 4.58. The fourth-order valence-corrected chi connectivity index (χ4v) is 5.21. The molecule has 184 valence electrons. The van der Waals surface area contributed by atoms with Crippen molar-refractivity contribution >= 4 is 28.4 Å². The van der Waals surface area contributed by atoms with Crippen LogP contribution in [-0.2, 0) is 0 Å². The van der Waals surface area contributed by atoms with Crippen LogP contribution in [0.15, 0.2) is 35.3 Å². The number of hydrogen-bond acceptors (Lipinski definition) is 7. The number of halogens is 1. The first-order valence-corrected chi connectivity index (χ1v) is 12.3. The Morgan fingerprint density at radius 3 is 2.57 bits per heavy atom. The lowest BCUT2D eigenvalue weighted by Crippen LogP contribution is -2.49. The van der Waals surface area contributed by atoms with Gasteiger partial charge in [0.05, 0.1) is 5.69 Å². The van der Waals surface area contributed by atoms with Crippen molar-refractivity contribution in [2.75, 3.05) is 36.4 Å². The van der Waals surface area contributed by atoms with Crippen molar-refractivity contribution in [2.24, 2.45) is 0 Å². The van der Waals surface area contributed by atoms with E-state index in [1.165, 1.54) is 6.07 Å². The number of nitrogens with zero attached hydrogens (tertiary/aromatic N) is 6. The van der Waals surface area contributed by atoms with Crippen molar-refractivity contribution in [1.29, 1.82) is 5.26 Å². The van der Waals surface area contributed by atoms with Crippen LogP contribution in [0.2, 0.25) is 0 Å². The van der Waals surface area contributed by atoms with E-state index in [4.69, 9.17) is 0 Å². The monoisotopic (exact) mass is 477 g/mol. The molecule has 0 amide bonds. The summed E-state index contributed by atoms with van der Waals surface area (Å²) in [6.07, 6.45) is 5.46. The van der Waals surface area contributed by atoms with Gasteiger partial charge in [0.2, 0.25) is 5.95 Å². The normalized spacial score (nSPS) is 17.3. The number of anilines is 3. The van der Waals surface area contributed by atoms with Gasteiger partial charge in [-0.2, -0.15) is 10.2 Å². The summed E-state index contributed by atoms with van der Waals surface area (Å²) in [5, 5.41) is 13.1. The zero-order valence-corrected chi connectivity index (χ0v) is 20.2. The third-order valence-corrected chi connectivity index (χ3v) is 7.17. The van der Waals surface area contributed by atoms with Gasteiger partial charge in [0.25, 0.3) is 5.56 Å². The molecule has 1 saturated heterocycles. The minimum Gasteiger partial charge on any atom is -0.367 e. The van der Waals surface area contributed by atoms with Crippen molar-refractivity contribution in [3.05, 3.63) is 52.2 Å². The molecule has 3 aromatic rings. The Balaban J connectivity index is 0.00000304. The Labute approximate surface area is 205 Å². The Kier molecular flexibility index (Phi) is 6.39. The third-order valence-electron chi connectivity index (χ3n) is 7.17. The molecule has 3 heterocycles. The average molecular weight is 478 g/mol. The second kappa shape index (κ2) is 9.62. The highest BCUT2D eigenvalue weighted by molar-refractivity contribution is 5.77. The first-order valence-electron chi connectivity index (χ1n) is 12.3. The van der Waals surface area contributed by atoms with Gasteiger partial charge in [-0.1, -0.05) is 12.8 Å². The second-order valence-electron chi connectivity index (χ2n) is 9.66. The molecule has 0 bridgehead atoms. The summed E-state index contributed by atoms with van der Waals surface area (Å²) < 4.78 is 16.7. The van der Waals surface area contributed by atoms with E-state index in [0.717, 1.165) is 51.9 Å². The molecule has 0 unspecified atom stereocenters. The van der Waals surface area contributed by atoms with Crippen LogP contribution in [0.3, 0.4) is 0 Å². The zero-order valence-electron chi connectivity index (χ0n) is 20.2. The number of piperazine rings is 1. The zero-order chi connectivity index (χ0) is 24.5. The smallest absolute Gasteiger partial charge is 0.270 e. The summed E-state index contributed by atoms with van der Waals surface area (Å²) in [5.41, 5.74) is 1.41. The molecule has 2 aromatic heterocycles. The van der Waals surface area contributed by atoms with Crippen molar-refractivity contribution < 1.29 is 5.82 Å². The van der Waals surface area contributed by atoms with Gasteiger partial charge in [-0.3, -0.25) is 14.3 Å². The van der Waals surface area contributed by atoms with Crippen LogP contribution < -0.4 is 15.8 Å². The van der Waals surface area contributed by atoms with Crippen LogP contribution in [0, 0.1) is 17.1 Å². The van der Waals surface area contributed by atoms with Gasteiger partial charge in [-0.25, -0.2) is 9.37 Å². The highest BCUT2D eigenvalue weighted by Gasteiger charge is 2.23. The molecule has 2 fully saturated rings. The van der Waals surface area contributed by atoms with Crippen molar-refractivity contribution in [3.63, 3.8) is 0 Å². The molecule has 1 aromatic carbocycles. The van der Waals surface area contributed by atoms with Crippen molar-refractivity contribution in [3.8, 4) is 6.07 Å². The Morgan fingerprint density at radius 2 is 1.91 bits per heavy atom. The molecule has 5 rings (SSSR count). The van der Waals surface area contributed by atoms with E-state index in [2.05, 4.69) is 38.9 Å². The summed E-state index contributed by atoms with van der Waals surface area (Å²) in [5.74, 6) is -0.0126. The van der Waals surface area contributed by atoms with Gasteiger partial charge in [0, 0.05) is 57.0 Å². The highest BCUT2D eigenvalue weighted by Crippen LogP contribution is 2.31. The maximum Gasteiger partial charge on any atom is 0.270 e. The molecule has 1 saturated carbocycles. The number of nitriles is 1. The Hall–Kier alpha value is -3.51. The SMILES string of the molecule is CC(C)N1CCN(c2ccc(Nc3ncc4cc(C#N)c(=O)n(C5CCCC5)c4n3)cc2F)CC1.[HH]. The fourth-order valence-electron chi connectivity index (χ4n) is 5.21. The van der Waals surface area contributed by atoms with Crippen LogP contribution >= 0.6 is 0 Å². The lowest BCUT2D eigenvalue weighted by Gasteiger charge is -2.38. The summed E-state index contributed by atoms with van der Waals surface area (Å²) in [6.45, 7) is 7.77. The molecule has 9 heteroatoms. The first kappa shape index (κ1) is 23.2. The van der Waals surface area contributed by atoms with Gasteiger partial charge in [-0.15, -0.1) is 0 Å². The van der Waals surface area contributed by atoms with Gasteiger partial charge in [0.15, 0.2) is 0 Å². The van der Waals surface area contributed by atoms with E-state index in [1.54, 1.807) is 22.9 Å². The maximum atomic E-state index is 15.0. The molecule has 35 heavy (non-hydrogen) atoms. The topological polar surface area (TPSA) is 90.1 Å². The second-order valence-corrected chi connectivity index (χ2v) is 9.66. The maximum absolute atomic E-state index is 15.0. The molecular formula is C26H32FN7O. The summed E-state index contributed by atoms with van der Waals surface area (Å²) in [4.78, 5) is 26.4. The summed E-state index contributed by atoms with van der Waals surface area (Å²) >= 11 is 0. The van der Waals surface area contributed by atoms with Crippen molar-refractivity contribution in [2.45, 2.75) is 51.6 Å². The van der Waals surface area contributed by atoms with Crippen LogP contribution in [0.25, 0.3) is 11.0 Å². The van der Waals surface area contributed by atoms with Gasteiger partial charge >= 0.3 is 0 Å². The van der Waals surface area contributed by atoms with E-state index in [9.17, 15) is 10.1 Å². The molecule has 0 spiro atoms. The van der Waals surface area contributed by atoms with Crippen LogP contribution in [-0.4, -0.2) is 51.7 Å². The Morgan fingerprint density at radius 1 is 1.17 bits per heavy atom. The number of rotatable bonds is 5. The lowest BCUT2D eigenvalue weighted by molar-refractivity contribution is 0.209. The Bertz CT molecular complexity index is 1340. The molecule has 1 N–H and O–H groups in total. The minimum absolute atomic E-state index is 0. The molecule has 1 aliphatic carbocycles. The predicted octanol–water partition coefficient (Wildman–Crippen LogP) is 4.44. The number of nitrogens with one attached hydrogen (secondary N) is 1. The summed E-state index contributed by atoms with van der Waals surface area (Å²) in [6, 6.07) is 9.13. The van der Waals surface area contributed by atoms with E-state index in [0.29, 0.717) is 28.5 Å². The van der Waals surface area contributed by atoms with Crippen LogP contribution in [0.1, 0.15) is 52.6 Å². The number of hydrogen-bond donors (Lipinski definition) is 1. The molecular weight excluding hydrogens is 445 g/mol. The highest BCUT2D eigenvalue weighted by atomic mass is 19.1. The van der Waals surface area contributed by atoms with Crippen LogP contribution in [0.4, 0.5) is 21.7 Å². The molecule has 1 aliphatic heterocycles. The molecule has 0 radical (unpaired) electrons. The first-order chi connectivity index (χ1) is 16.9. The van der Waals surface area contributed by atoms with E-state index in [-0.39, 0.29) is 30.4 Å². The van der Waals surface area contributed by atoms with E-state index >= 15 is 4.39 Å². The molecule has 2 aliphatic rings. The number of aromatic nitrogens is 3. The standard InChI is InChI=1S/C26H30FN7O.H2/c1-17(2)32-9-11-33(12-10-32)23-8-7-20(14-22(23)27)30-26-29-16-19-13-18(15-28)25(35)34(24(19)31-26)21-5-3-4-6-21;/h7-8,13-14,16-17,21H,3-6,9-12H2,1-2H3,(H,29,30,31);1H. The fraction of sp³-hybridized carbons (Fsp3) is 0.462. The van der Waals surface area contributed by atoms with Gasteiger partial charge < -0.3 is 10.2 Å². The number of benzene rings is 1. The largest absolute Gasteiger partial charge is 0.367 e. The molecule has 8 nitrogen and oxygen atoms in total.